The fourth-order valence-corrected chi connectivity index (χ4v) is 2.89. The summed E-state index contributed by atoms with van der Waals surface area (Å²) in [6.07, 6.45) is 4.54. The third-order valence-electron chi connectivity index (χ3n) is 4.13. The molecule has 1 aromatic rings. The predicted molar refractivity (Wildman–Crippen MR) is 79.6 cm³/mol. The fourth-order valence-electron chi connectivity index (χ4n) is 2.89. The van der Waals surface area contributed by atoms with Gasteiger partial charge < -0.3 is 15.8 Å². The Kier molecular flexibility index (Phi) is 4.98. The van der Waals surface area contributed by atoms with Crippen molar-refractivity contribution in [1.82, 2.24) is 15.0 Å². The molecule has 1 fully saturated rings. The molecule has 0 radical (unpaired) electrons. The molecule has 1 heterocycles. The van der Waals surface area contributed by atoms with E-state index in [9.17, 15) is 0 Å². The standard InChI is InChI=1S/C14H25N5O/c1-4-8-20-14-18-12(15)17-13(19-14)16-11-7-6-10(5-2)9(11)3/h9-11H,4-8H2,1-3H3,(H3,15,16,17,18,19). The van der Waals surface area contributed by atoms with Crippen LogP contribution in [0.2, 0.25) is 0 Å². The van der Waals surface area contributed by atoms with Gasteiger partial charge >= 0.3 is 6.01 Å². The number of nitrogens with one attached hydrogen (secondary N) is 1. The average molecular weight is 279 g/mol. The van der Waals surface area contributed by atoms with Gasteiger partial charge in [-0.15, -0.1) is 0 Å². The molecule has 6 nitrogen and oxygen atoms in total. The summed E-state index contributed by atoms with van der Waals surface area (Å²) in [4.78, 5) is 12.4. The van der Waals surface area contributed by atoms with E-state index in [1.54, 1.807) is 0 Å². The van der Waals surface area contributed by atoms with Gasteiger partial charge in [-0.1, -0.05) is 27.2 Å². The highest BCUT2D eigenvalue weighted by Gasteiger charge is 2.32. The van der Waals surface area contributed by atoms with Gasteiger partial charge in [0.25, 0.3) is 0 Å². The van der Waals surface area contributed by atoms with E-state index >= 15 is 0 Å². The quantitative estimate of drug-likeness (QED) is 0.832. The van der Waals surface area contributed by atoms with Crippen LogP contribution in [0.15, 0.2) is 0 Å². The Labute approximate surface area is 120 Å². The second-order valence-corrected chi connectivity index (χ2v) is 5.50. The molecule has 3 unspecified atom stereocenters. The van der Waals surface area contributed by atoms with Crippen molar-refractivity contribution in [3.8, 4) is 6.01 Å². The van der Waals surface area contributed by atoms with Gasteiger partial charge in [-0.05, 0) is 31.1 Å². The molecule has 0 aromatic carbocycles. The van der Waals surface area contributed by atoms with Crippen molar-refractivity contribution in [3.05, 3.63) is 0 Å². The molecular weight excluding hydrogens is 254 g/mol. The summed E-state index contributed by atoms with van der Waals surface area (Å²) in [5, 5.41) is 3.39. The van der Waals surface area contributed by atoms with Crippen molar-refractivity contribution >= 4 is 11.9 Å². The highest BCUT2D eigenvalue weighted by atomic mass is 16.5. The molecule has 3 N–H and O–H groups in total. The molecule has 0 bridgehead atoms. The lowest BCUT2D eigenvalue weighted by molar-refractivity contribution is 0.292. The first kappa shape index (κ1) is 14.8. The highest BCUT2D eigenvalue weighted by molar-refractivity contribution is 5.34. The minimum Gasteiger partial charge on any atom is -0.463 e. The minimum atomic E-state index is 0.200. The molecule has 1 aliphatic rings. The van der Waals surface area contributed by atoms with Crippen LogP contribution in [0.5, 0.6) is 6.01 Å². The molecule has 0 spiro atoms. The van der Waals surface area contributed by atoms with Gasteiger partial charge in [-0.3, -0.25) is 0 Å². The van der Waals surface area contributed by atoms with Crippen molar-refractivity contribution in [3.63, 3.8) is 0 Å². The smallest absolute Gasteiger partial charge is 0.323 e. The number of anilines is 2. The molecule has 1 aromatic heterocycles. The lowest BCUT2D eigenvalue weighted by Crippen LogP contribution is -2.26. The summed E-state index contributed by atoms with van der Waals surface area (Å²) in [6.45, 7) is 7.16. The summed E-state index contributed by atoms with van der Waals surface area (Å²) in [6, 6.07) is 0.709. The number of aromatic nitrogens is 3. The predicted octanol–water partition coefficient (Wildman–Crippen LogP) is 2.48. The third-order valence-corrected chi connectivity index (χ3v) is 4.13. The van der Waals surface area contributed by atoms with Crippen molar-refractivity contribution in [2.24, 2.45) is 11.8 Å². The van der Waals surface area contributed by atoms with E-state index in [1.165, 1.54) is 12.8 Å². The molecule has 6 heteroatoms. The zero-order chi connectivity index (χ0) is 14.5. The lowest BCUT2D eigenvalue weighted by atomic mass is 9.94. The van der Waals surface area contributed by atoms with Gasteiger partial charge in [0.1, 0.15) is 0 Å². The maximum absolute atomic E-state index is 5.71. The first-order valence-corrected chi connectivity index (χ1v) is 7.54. The van der Waals surface area contributed by atoms with Crippen molar-refractivity contribution in [2.75, 3.05) is 17.7 Å². The van der Waals surface area contributed by atoms with Crippen LogP contribution in [0.4, 0.5) is 11.9 Å². The molecule has 112 valence electrons. The SMILES string of the molecule is CCCOc1nc(N)nc(NC2CCC(CC)C2C)n1. The second kappa shape index (κ2) is 6.72. The van der Waals surface area contributed by atoms with E-state index < -0.39 is 0 Å². The normalized spacial score (nSPS) is 25.6. The van der Waals surface area contributed by atoms with E-state index in [4.69, 9.17) is 10.5 Å². The first-order valence-electron chi connectivity index (χ1n) is 7.54. The van der Waals surface area contributed by atoms with Crippen LogP contribution in [0.25, 0.3) is 0 Å². The summed E-state index contributed by atoms with van der Waals surface area (Å²) in [5.74, 6) is 2.13. The number of ether oxygens (including phenoxy) is 1. The van der Waals surface area contributed by atoms with E-state index in [1.807, 2.05) is 6.92 Å². The monoisotopic (exact) mass is 279 g/mol. The van der Waals surface area contributed by atoms with Crippen LogP contribution < -0.4 is 15.8 Å². The zero-order valence-electron chi connectivity index (χ0n) is 12.6. The maximum atomic E-state index is 5.71. The third kappa shape index (κ3) is 3.49. The molecule has 0 amide bonds. The number of nitrogens with zero attached hydrogens (tertiary/aromatic N) is 3. The van der Waals surface area contributed by atoms with E-state index in [2.05, 4.69) is 34.1 Å². The topological polar surface area (TPSA) is 86.0 Å². The van der Waals surface area contributed by atoms with Gasteiger partial charge in [-0.2, -0.15) is 15.0 Å². The number of nitrogens with two attached hydrogens (primary N) is 1. The molecule has 1 aliphatic carbocycles. The molecule has 2 rings (SSSR count). The number of nitrogen functional groups attached to an aromatic ring is 1. The molecule has 0 aliphatic heterocycles. The molecule has 3 atom stereocenters. The van der Waals surface area contributed by atoms with Gasteiger partial charge in [-0.25, -0.2) is 0 Å². The van der Waals surface area contributed by atoms with Crippen molar-refractivity contribution in [2.45, 2.75) is 52.5 Å². The largest absolute Gasteiger partial charge is 0.463 e. The summed E-state index contributed by atoms with van der Waals surface area (Å²) >= 11 is 0. The highest BCUT2D eigenvalue weighted by Crippen LogP contribution is 2.35. The van der Waals surface area contributed by atoms with E-state index in [0.717, 1.165) is 18.8 Å². The number of hydrogen-bond acceptors (Lipinski definition) is 6. The van der Waals surface area contributed by atoms with E-state index in [-0.39, 0.29) is 5.95 Å². The average Bonchev–Trinajstić information content (AvgIpc) is 2.77. The van der Waals surface area contributed by atoms with Crippen LogP contribution in [0.1, 0.15) is 46.5 Å². The summed E-state index contributed by atoms with van der Waals surface area (Å²) in [7, 11) is 0. The fraction of sp³-hybridized carbons (Fsp3) is 0.786. The van der Waals surface area contributed by atoms with Crippen LogP contribution in [0.3, 0.4) is 0 Å². The van der Waals surface area contributed by atoms with E-state index in [0.29, 0.717) is 30.5 Å². The van der Waals surface area contributed by atoms with Gasteiger partial charge in [0, 0.05) is 6.04 Å². The lowest BCUT2D eigenvalue weighted by Gasteiger charge is -2.21. The molecule has 20 heavy (non-hydrogen) atoms. The Morgan fingerprint density at radius 3 is 2.70 bits per heavy atom. The van der Waals surface area contributed by atoms with Crippen molar-refractivity contribution in [1.29, 1.82) is 0 Å². The summed E-state index contributed by atoms with van der Waals surface area (Å²) < 4.78 is 5.43. The van der Waals surface area contributed by atoms with Gasteiger partial charge in [0.15, 0.2) is 0 Å². The first-order chi connectivity index (χ1) is 9.63. The Morgan fingerprint density at radius 1 is 1.25 bits per heavy atom. The van der Waals surface area contributed by atoms with Gasteiger partial charge in [0.05, 0.1) is 6.61 Å². The Hall–Kier alpha value is -1.59. The number of rotatable bonds is 6. The zero-order valence-corrected chi connectivity index (χ0v) is 12.6. The minimum absolute atomic E-state index is 0.200. The van der Waals surface area contributed by atoms with Crippen molar-refractivity contribution < 1.29 is 4.74 Å². The van der Waals surface area contributed by atoms with Crippen LogP contribution in [-0.4, -0.2) is 27.6 Å². The second-order valence-electron chi connectivity index (χ2n) is 5.50. The van der Waals surface area contributed by atoms with Gasteiger partial charge in [0.2, 0.25) is 11.9 Å². The Balaban J connectivity index is 2.03. The summed E-state index contributed by atoms with van der Waals surface area (Å²) in [5.41, 5.74) is 5.71. The van der Waals surface area contributed by atoms with Crippen LogP contribution in [0, 0.1) is 11.8 Å². The maximum Gasteiger partial charge on any atom is 0.323 e. The van der Waals surface area contributed by atoms with Crippen LogP contribution >= 0.6 is 0 Å². The number of hydrogen-bond donors (Lipinski definition) is 2. The van der Waals surface area contributed by atoms with Crippen LogP contribution in [-0.2, 0) is 0 Å². The Bertz CT molecular complexity index is 440. The molecular formula is C14H25N5O. The Morgan fingerprint density at radius 2 is 2.05 bits per heavy atom. The molecule has 0 saturated heterocycles. The molecule has 1 saturated carbocycles.